The largest absolute Gasteiger partial charge is 0.486 e. The minimum Gasteiger partial charge on any atom is -0.486 e. The smallest absolute Gasteiger partial charge is 0.371 e. The van der Waals surface area contributed by atoms with Gasteiger partial charge in [0.05, 0.1) is 0 Å². The molecule has 0 saturated heterocycles. The van der Waals surface area contributed by atoms with Crippen molar-refractivity contribution >= 4 is 16.9 Å². The van der Waals surface area contributed by atoms with Gasteiger partial charge in [-0.2, -0.15) is 0 Å². The van der Waals surface area contributed by atoms with Crippen molar-refractivity contribution < 1.29 is 19.1 Å². The van der Waals surface area contributed by atoms with E-state index in [2.05, 4.69) is 0 Å². The maximum absolute atomic E-state index is 10.8. The van der Waals surface area contributed by atoms with Crippen molar-refractivity contribution in [3.05, 3.63) is 29.5 Å². The van der Waals surface area contributed by atoms with Crippen LogP contribution in [0.25, 0.3) is 11.0 Å². The zero-order chi connectivity index (χ0) is 11.3. The Kier molecular flexibility index (Phi) is 1.74. The predicted octanol–water partition coefficient (Wildman–Crippen LogP) is 2.45. The summed E-state index contributed by atoms with van der Waals surface area (Å²) in [7, 11) is 0. The number of carbonyl (C=O) groups is 1. The summed E-state index contributed by atoms with van der Waals surface area (Å²) in [6.07, 6.45) is 0.966. The van der Waals surface area contributed by atoms with Crippen molar-refractivity contribution in [2.75, 3.05) is 0 Å². The van der Waals surface area contributed by atoms with Crippen molar-refractivity contribution in [1.29, 1.82) is 0 Å². The van der Waals surface area contributed by atoms with Gasteiger partial charge < -0.3 is 14.3 Å². The minimum atomic E-state index is -1.06. The molecular formula is C12H10O4. The number of carboxylic acids is 1. The Morgan fingerprint density at radius 1 is 1.50 bits per heavy atom. The van der Waals surface area contributed by atoms with E-state index in [9.17, 15) is 4.79 Å². The second-order valence-corrected chi connectivity index (χ2v) is 4.02. The van der Waals surface area contributed by atoms with Gasteiger partial charge in [-0.15, -0.1) is 0 Å². The molecule has 0 aliphatic carbocycles. The quantitative estimate of drug-likeness (QED) is 0.798. The number of fused-ring (bicyclic) bond motifs is 3. The van der Waals surface area contributed by atoms with Crippen LogP contribution in [0.4, 0.5) is 0 Å². The lowest BCUT2D eigenvalue weighted by Gasteiger charge is -2.02. The molecular weight excluding hydrogens is 208 g/mol. The van der Waals surface area contributed by atoms with Crippen LogP contribution in [0, 0.1) is 0 Å². The molecule has 3 rings (SSSR count). The summed E-state index contributed by atoms with van der Waals surface area (Å²) in [4.78, 5) is 10.8. The van der Waals surface area contributed by atoms with Gasteiger partial charge in [-0.25, -0.2) is 4.79 Å². The number of hydrogen-bond acceptors (Lipinski definition) is 3. The minimum absolute atomic E-state index is 0.0495. The average molecular weight is 218 g/mol. The maximum atomic E-state index is 10.8. The standard InChI is InChI=1S/C12H10O4/c1-6-4-7-2-3-8-5-9(12(13)14)16-11(8)10(7)15-6/h2-3,5-6H,4H2,1H3,(H,13,14). The van der Waals surface area contributed by atoms with E-state index in [0.29, 0.717) is 11.3 Å². The summed E-state index contributed by atoms with van der Waals surface area (Å²) in [5.74, 6) is -0.417. The molecule has 0 saturated carbocycles. The third-order valence-corrected chi connectivity index (χ3v) is 2.76. The summed E-state index contributed by atoms with van der Waals surface area (Å²) in [5, 5.41) is 9.62. The van der Waals surface area contributed by atoms with E-state index in [0.717, 1.165) is 17.4 Å². The molecule has 0 bridgehead atoms. The summed E-state index contributed by atoms with van der Waals surface area (Å²) in [5.41, 5.74) is 1.62. The molecule has 1 aliphatic rings. The molecule has 0 fully saturated rings. The molecule has 1 N–H and O–H groups in total. The van der Waals surface area contributed by atoms with Crippen LogP contribution in [-0.2, 0) is 6.42 Å². The molecule has 82 valence electrons. The SMILES string of the molecule is CC1Cc2ccc3cc(C(=O)O)oc3c2O1. The van der Waals surface area contributed by atoms with E-state index in [1.54, 1.807) is 0 Å². The highest BCUT2D eigenvalue weighted by atomic mass is 16.5. The highest BCUT2D eigenvalue weighted by Gasteiger charge is 2.24. The van der Waals surface area contributed by atoms with Gasteiger partial charge in [-0.3, -0.25) is 0 Å². The number of ether oxygens (including phenoxy) is 1. The first-order valence-electron chi connectivity index (χ1n) is 5.10. The number of aromatic carboxylic acids is 1. The van der Waals surface area contributed by atoms with Gasteiger partial charge in [0.1, 0.15) is 6.10 Å². The molecule has 4 nitrogen and oxygen atoms in total. The van der Waals surface area contributed by atoms with Crippen LogP contribution in [0.1, 0.15) is 23.0 Å². The normalized spacial score (nSPS) is 18.4. The highest BCUT2D eigenvalue weighted by Crippen LogP contribution is 2.37. The van der Waals surface area contributed by atoms with Crippen LogP contribution in [-0.4, -0.2) is 17.2 Å². The highest BCUT2D eigenvalue weighted by molar-refractivity contribution is 5.94. The molecule has 1 aromatic heterocycles. The molecule has 1 aliphatic heterocycles. The monoisotopic (exact) mass is 218 g/mol. The first-order valence-corrected chi connectivity index (χ1v) is 5.10. The van der Waals surface area contributed by atoms with Crippen molar-refractivity contribution in [1.82, 2.24) is 0 Å². The second kappa shape index (κ2) is 3.01. The van der Waals surface area contributed by atoms with Crippen molar-refractivity contribution in [2.45, 2.75) is 19.4 Å². The van der Waals surface area contributed by atoms with Gasteiger partial charge in [0.2, 0.25) is 5.76 Å². The summed E-state index contributed by atoms with van der Waals surface area (Å²) >= 11 is 0. The lowest BCUT2D eigenvalue weighted by atomic mass is 10.1. The van der Waals surface area contributed by atoms with Gasteiger partial charge in [0.25, 0.3) is 0 Å². The number of furan rings is 1. The van der Waals surface area contributed by atoms with Crippen LogP contribution in [0.15, 0.2) is 22.6 Å². The van der Waals surface area contributed by atoms with E-state index < -0.39 is 5.97 Å². The van der Waals surface area contributed by atoms with Gasteiger partial charge in [-0.05, 0) is 13.0 Å². The fourth-order valence-corrected chi connectivity index (χ4v) is 2.07. The first kappa shape index (κ1) is 9.27. The van der Waals surface area contributed by atoms with Crippen LogP contribution in [0.2, 0.25) is 0 Å². The third kappa shape index (κ3) is 1.19. The Labute approximate surface area is 91.4 Å². The summed E-state index contributed by atoms with van der Waals surface area (Å²) < 4.78 is 10.9. The van der Waals surface area contributed by atoms with Gasteiger partial charge >= 0.3 is 5.97 Å². The Morgan fingerprint density at radius 2 is 2.31 bits per heavy atom. The van der Waals surface area contributed by atoms with E-state index in [-0.39, 0.29) is 11.9 Å². The lowest BCUT2D eigenvalue weighted by molar-refractivity contribution is 0.0665. The van der Waals surface area contributed by atoms with E-state index >= 15 is 0 Å². The zero-order valence-electron chi connectivity index (χ0n) is 8.69. The fourth-order valence-electron chi connectivity index (χ4n) is 2.07. The molecule has 2 aromatic rings. The molecule has 1 unspecified atom stereocenters. The Hall–Kier alpha value is -1.97. The molecule has 1 aromatic carbocycles. The van der Waals surface area contributed by atoms with Crippen molar-refractivity contribution in [3.63, 3.8) is 0 Å². The van der Waals surface area contributed by atoms with Gasteiger partial charge in [0.15, 0.2) is 11.3 Å². The lowest BCUT2D eigenvalue weighted by Crippen LogP contribution is -2.05. The fraction of sp³-hybridized carbons (Fsp3) is 0.250. The van der Waals surface area contributed by atoms with Crippen LogP contribution < -0.4 is 4.74 Å². The van der Waals surface area contributed by atoms with Crippen molar-refractivity contribution in [2.24, 2.45) is 0 Å². The third-order valence-electron chi connectivity index (χ3n) is 2.76. The molecule has 0 radical (unpaired) electrons. The van der Waals surface area contributed by atoms with Crippen LogP contribution in [0.5, 0.6) is 5.75 Å². The zero-order valence-corrected chi connectivity index (χ0v) is 8.69. The van der Waals surface area contributed by atoms with Gasteiger partial charge in [0, 0.05) is 17.4 Å². The van der Waals surface area contributed by atoms with E-state index in [4.69, 9.17) is 14.3 Å². The molecule has 2 heterocycles. The van der Waals surface area contributed by atoms with Crippen LogP contribution in [0.3, 0.4) is 0 Å². The number of carboxylic acid groups (broad SMARTS) is 1. The molecule has 0 spiro atoms. The van der Waals surface area contributed by atoms with E-state index in [1.165, 1.54) is 6.07 Å². The van der Waals surface area contributed by atoms with Gasteiger partial charge in [-0.1, -0.05) is 12.1 Å². The van der Waals surface area contributed by atoms with Crippen LogP contribution >= 0.6 is 0 Å². The summed E-state index contributed by atoms with van der Waals surface area (Å²) in [6.45, 7) is 1.98. The molecule has 0 amide bonds. The molecule has 16 heavy (non-hydrogen) atoms. The molecule has 4 heteroatoms. The van der Waals surface area contributed by atoms with Crippen molar-refractivity contribution in [3.8, 4) is 5.75 Å². The molecule has 1 atom stereocenters. The first-order chi connectivity index (χ1) is 7.65. The van der Waals surface area contributed by atoms with E-state index in [1.807, 2.05) is 19.1 Å². The summed E-state index contributed by atoms with van der Waals surface area (Å²) in [6, 6.07) is 5.35. The predicted molar refractivity (Wildman–Crippen MR) is 57.0 cm³/mol. The Bertz CT molecular complexity index is 582. The number of benzene rings is 1. The maximum Gasteiger partial charge on any atom is 0.371 e. The Balaban J connectivity index is 2.25. The number of hydrogen-bond donors (Lipinski definition) is 1. The number of rotatable bonds is 1. The Morgan fingerprint density at radius 3 is 3.06 bits per heavy atom. The average Bonchev–Trinajstić information content (AvgIpc) is 2.77. The topological polar surface area (TPSA) is 59.7 Å². The second-order valence-electron chi connectivity index (χ2n) is 4.02.